The van der Waals surface area contributed by atoms with Crippen LogP contribution in [-0.2, 0) is 17.9 Å². The molecule has 164 valence electrons. The largest absolute Gasteiger partial charge is 0.486 e. The van der Waals surface area contributed by atoms with Gasteiger partial charge in [0.1, 0.15) is 29.8 Å². The van der Waals surface area contributed by atoms with Crippen LogP contribution < -0.4 is 10.1 Å². The first-order valence-corrected chi connectivity index (χ1v) is 10.6. The summed E-state index contributed by atoms with van der Waals surface area (Å²) in [5.74, 6) is -0.142. The van der Waals surface area contributed by atoms with Crippen molar-refractivity contribution in [2.45, 2.75) is 18.3 Å². The van der Waals surface area contributed by atoms with Crippen LogP contribution in [0, 0.1) is 11.6 Å². The SMILES string of the molecule is O=C(CSc1nnc(COc2ccccc2)n1Cc1ccco1)Nc1ccc(F)cc1F. The summed E-state index contributed by atoms with van der Waals surface area (Å²) in [6, 6.07) is 15.9. The quantitative estimate of drug-likeness (QED) is 0.373. The molecular formula is C22H18F2N4O3S. The molecular weight excluding hydrogens is 438 g/mol. The van der Waals surface area contributed by atoms with Crippen LogP contribution in [-0.4, -0.2) is 26.4 Å². The van der Waals surface area contributed by atoms with Gasteiger partial charge in [-0.3, -0.25) is 9.36 Å². The van der Waals surface area contributed by atoms with Crippen LogP contribution in [0.15, 0.2) is 76.5 Å². The number of ether oxygens (including phenoxy) is 1. The number of nitrogens with zero attached hydrogens (tertiary/aromatic N) is 3. The van der Waals surface area contributed by atoms with Gasteiger partial charge < -0.3 is 14.5 Å². The van der Waals surface area contributed by atoms with Gasteiger partial charge >= 0.3 is 0 Å². The molecule has 1 amide bonds. The number of furan rings is 1. The Morgan fingerprint density at radius 1 is 1.09 bits per heavy atom. The molecule has 0 bridgehead atoms. The molecule has 0 atom stereocenters. The van der Waals surface area contributed by atoms with Crippen LogP contribution in [0.5, 0.6) is 5.75 Å². The molecule has 0 unspecified atom stereocenters. The smallest absolute Gasteiger partial charge is 0.234 e. The first kappa shape index (κ1) is 21.6. The topological polar surface area (TPSA) is 82.2 Å². The Kier molecular flexibility index (Phi) is 6.81. The lowest BCUT2D eigenvalue weighted by molar-refractivity contribution is -0.113. The van der Waals surface area contributed by atoms with E-state index in [1.807, 2.05) is 36.4 Å². The Bertz CT molecular complexity index is 1180. The number of hydrogen-bond acceptors (Lipinski definition) is 6. The third kappa shape index (κ3) is 5.52. The molecule has 2 aromatic heterocycles. The zero-order valence-corrected chi connectivity index (χ0v) is 17.5. The van der Waals surface area contributed by atoms with Crippen molar-refractivity contribution in [1.82, 2.24) is 14.8 Å². The van der Waals surface area contributed by atoms with E-state index in [4.69, 9.17) is 9.15 Å². The van der Waals surface area contributed by atoms with Gasteiger partial charge in [0, 0.05) is 6.07 Å². The number of benzene rings is 2. The van der Waals surface area contributed by atoms with Crippen LogP contribution in [0.4, 0.5) is 14.5 Å². The number of anilines is 1. The lowest BCUT2D eigenvalue weighted by Crippen LogP contribution is -2.16. The zero-order valence-electron chi connectivity index (χ0n) is 16.7. The molecule has 0 spiro atoms. The van der Waals surface area contributed by atoms with Gasteiger partial charge in [-0.1, -0.05) is 30.0 Å². The van der Waals surface area contributed by atoms with Gasteiger partial charge in [-0.15, -0.1) is 10.2 Å². The summed E-state index contributed by atoms with van der Waals surface area (Å²) in [5.41, 5.74) is -0.0917. The third-order valence-electron chi connectivity index (χ3n) is 4.34. The highest BCUT2D eigenvalue weighted by Crippen LogP contribution is 2.21. The van der Waals surface area contributed by atoms with Crippen molar-refractivity contribution in [2.75, 3.05) is 11.1 Å². The summed E-state index contributed by atoms with van der Waals surface area (Å²) >= 11 is 1.13. The molecule has 7 nitrogen and oxygen atoms in total. The molecule has 32 heavy (non-hydrogen) atoms. The average Bonchev–Trinajstić information content (AvgIpc) is 3.44. The number of hydrogen-bond donors (Lipinski definition) is 1. The Morgan fingerprint density at radius 3 is 2.69 bits per heavy atom. The second-order valence-corrected chi connectivity index (χ2v) is 7.57. The number of rotatable bonds is 9. The normalized spacial score (nSPS) is 10.8. The van der Waals surface area contributed by atoms with Gasteiger partial charge in [-0.05, 0) is 36.4 Å². The van der Waals surface area contributed by atoms with Crippen molar-refractivity contribution in [3.05, 3.63) is 90.1 Å². The van der Waals surface area contributed by atoms with E-state index in [0.717, 1.165) is 17.8 Å². The van der Waals surface area contributed by atoms with Crippen molar-refractivity contribution in [2.24, 2.45) is 0 Å². The molecule has 10 heteroatoms. The molecule has 2 heterocycles. The summed E-state index contributed by atoms with van der Waals surface area (Å²) in [5, 5.41) is 11.3. The second-order valence-electron chi connectivity index (χ2n) is 6.63. The predicted octanol–water partition coefficient (Wildman–Crippen LogP) is 4.51. The molecule has 0 aliphatic heterocycles. The molecule has 0 aliphatic rings. The number of amides is 1. The van der Waals surface area contributed by atoms with Crippen LogP contribution in [0.25, 0.3) is 0 Å². The van der Waals surface area contributed by atoms with Gasteiger partial charge in [0.05, 0.1) is 24.2 Å². The van der Waals surface area contributed by atoms with E-state index < -0.39 is 17.5 Å². The average molecular weight is 456 g/mol. The Balaban J connectivity index is 1.44. The summed E-state index contributed by atoms with van der Waals surface area (Å²) in [4.78, 5) is 12.3. The van der Waals surface area contributed by atoms with E-state index in [1.54, 1.807) is 16.9 Å². The van der Waals surface area contributed by atoms with Crippen molar-refractivity contribution in [3.63, 3.8) is 0 Å². The maximum Gasteiger partial charge on any atom is 0.234 e. The molecule has 0 saturated heterocycles. The van der Waals surface area contributed by atoms with Crippen LogP contribution >= 0.6 is 11.8 Å². The number of halogens is 2. The standard InChI is InChI=1S/C22H18F2N4O3S/c23-15-8-9-19(18(24)11-15)25-21(29)14-32-22-27-26-20(13-31-16-5-2-1-3-6-16)28(22)12-17-7-4-10-30-17/h1-11H,12-14H2,(H,25,29). The molecule has 0 fully saturated rings. The van der Waals surface area contributed by atoms with Crippen LogP contribution in [0.2, 0.25) is 0 Å². The first-order chi connectivity index (χ1) is 15.6. The molecule has 4 aromatic rings. The van der Waals surface area contributed by atoms with Crippen LogP contribution in [0.1, 0.15) is 11.6 Å². The highest BCUT2D eigenvalue weighted by atomic mass is 32.2. The number of carbonyl (C=O) groups is 1. The van der Waals surface area contributed by atoms with E-state index in [9.17, 15) is 13.6 Å². The van der Waals surface area contributed by atoms with E-state index in [-0.39, 0.29) is 18.0 Å². The van der Waals surface area contributed by atoms with Crippen molar-refractivity contribution in [1.29, 1.82) is 0 Å². The highest BCUT2D eigenvalue weighted by molar-refractivity contribution is 7.99. The van der Waals surface area contributed by atoms with Crippen molar-refractivity contribution in [3.8, 4) is 5.75 Å². The minimum absolute atomic E-state index is 0.0490. The molecule has 0 radical (unpaired) electrons. The molecule has 4 rings (SSSR count). The zero-order chi connectivity index (χ0) is 22.3. The van der Waals surface area contributed by atoms with Gasteiger partial charge in [-0.25, -0.2) is 8.78 Å². The fourth-order valence-electron chi connectivity index (χ4n) is 2.82. The minimum Gasteiger partial charge on any atom is -0.486 e. The Labute approximate surface area is 186 Å². The molecule has 1 N–H and O–H groups in total. The summed E-state index contributed by atoms with van der Waals surface area (Å²) in [7, 11) is 0. The van der Waals surface area contributed by atoms with Gasteiger partial charge in [0.2, 0.25) is 5.91 Å². The Morgan fingerprint density at radius 2 is 1.94 bits per heavy atom. The van der Waals surface area contributed by atoms with Gasteiger partial charge in [0.25, 0.3) is 0 Å². The molecule has 0 saturated carbocycles. The fourth-order valence-corrected chi connectivity index (χ4v) is 3.58. The molecule has 0 aliphatic carbocycles. The predicted molar refractivity (Wildman–Crippen MR) is 114 cm³/mol. The van der Waals surface area contributed by atoms with E-state index >= 15 is 0 Å². The highest BCUT2D eigenvalue weighted by Gasteiger charge is 2.17. The number of nitrogens with one attached hydrogen (secondary N) is 1. The number of carbonyl (C=O) groups excluding carboxylic acids is 1. The Hall–Kier alpha value is -3.66. The first-order valence-electron chi connectivity index (χ1n) is 9.58. The lowest BCUT2D eigenvalue weighted by Gasteiger charge is -2.10. The minimum atomic E-state index is -0.843. The summed E-state index contributed by atoms with van der Waals surface area (Å²) < 4.78 is 39.8. The second kappa shape index (κ2) is 10.1. The fraction of sp³-hybridized carbons (Fsp3) is 0.136. The van der Waals surface area contributed by atoms with Crippen LogP contribution in [0.3, 0.4) is 0 Å². The summed E-state index contributed by atoms with van der Waals surface area (Å²) in [6.45, 7) is 0.523. The monoisotopic (exact) mass is 456 g/mol. The summed E-state index contributed by atoms with van der Waals surface area (Å²) in [6.07, 6.45) is 1.57. The number of thioether (sulfide) groups is 1. The van der Waals surface area contributed by atoms with Crippen molar-refractivity contribution < 1.29 is 22.7 Å². The third-order valence-corrected chi connectivity index (χ3v) is 5.30. The maximum absolute atomic E-state index is 13.8. The number of aromatic nitrogens is 3. The van der Waals surface area contributed by atoms with E-state index in [1.165, 1.54) is 6.07 Å². The van der Waals surface area contributed by atoms with Gasteiger partial charge in [-0.2, -0.15) is 0 Å². The molecule has 2 aromatic carbocycles. The van der Waals surface area contributed by atoms with Crippen molar-refractivity contribution >= 4 is 23.4 Å². The van der Waals surface area contributed by atoms with E-state index in [2.05, 4.69) is 15.5 Å². The van der Waals surface area contributed by atoms with E-state index in [0.29, 0.717) is 35.1 Å². The van der Waals surface area contributed by atoms with Gasteiger partial charge in [0.15, 0.2) is 11.0 Å². The maximum atomic E-state index is 13.8. The lowest BCUT2D eigenvalue weighted by atomic mass is 10.3. The number of para-hydroxylation sites is 1.